The van der Waals surface area contributed by atoms with Crippen LogP contribution in [-0.4, -0.2) is 23.5 Å². The monoisotopic (exact) mass is 289 g/mol. The molecule has 114 valence electrons. The second-order valence-electron chi connectivity index (χ2n) is 5.80. The standard InChI is InChI=1S/C17H23NO3/c1-12-7-4-5-8-13(12)14-11-15(14)17(21)18-10-6-2-3-9-16(19)20/h4-5,7-8,14-15H,2-3,6,9-11H2,1H3,(H,18,21)(H,19,20). The van der Waals surface area contributed by atoms with Crippen LogP contribution in [0.15, 0.2) is 24.3 Å². The molecule has 1 saturated carbocycles. The Kier molecular flexibility index (Phi) is 5.37. The van der Waals surface area contributed by atoms with Crippen LogP contribution >= 0.6 is 0 Å². The van der Waals surface area contributed by atoms with Crippen LogP contribution in [0.2, 0.25) is 0 Å². The summed E-state index contributed by atoms with van der Waals surface area (Å²) in [6, 6.07) is 8.25. The van der Waals surface area contributed by atoms with Crippen LogP contribution in [0.4, 0.5) is 0 Å². The Bertz CT molecular complexity index is 513. The van der Waals surface area contributed by atoms with Crippen molar-refractivity contribution in [2.24, 2.45) is 5.92 Å². The lowest BCUT2D eigenvalue weighted by molar-refractivity contribution is -0.137. The van der Waals surface area contributed by atoms with Crippen LogP contribution in [0.1, 0.15) is 49.1 Å². The smallest absolute Gasteiger partial charge is 0.303 e. The predicted octanol–water partition coefficient (Wildman–Crippen LogP) is 2.86. The van der Waals surface area contributed by atoms with Crippen molar-refractivity contribution in [2.75, 3.05) is 6.54 Å². The molecule has 1 aromatic carbocycles. The SMILES string of the molecule is Cc1ccccc1C1CC1C(=O)NCCCCCC(=O)O. The van der Waals surface area contributed by atoms with E-state index in [0.717, 1.165) is 19.3 Å². The fraction of sp³-hybridized carbons (Fsp3) is 0.529. The van der Waals surface area contributed by atoms with Crippen LogP contribution in [0.25, 0.3) is 0 Å². The van der Waals surface area contributed by atoms with Gasteiger partial charge in [0.25, 0.3) is 0 Å². The zero-order valence-electron chi connectivity index (χ0n) is 12.5. The summed E-state index contributed by atoms with van der Waals surface area (Å²) in [7, 11) is 0. The summed E-state index contributed by atoms with van der Waals surface area (Å²) >= 11 is 0. The van der Waals surface area contributed by atoms with Gasteiger partial charge in [0.1, 0.15) is 0 Å². The minimum atomic E-state index is -0.752. The van der Waals surface area contributed by atoms with Gasteiger partial charge in [-0.2, -0.15) is 0 Å². The van der Waals surface area contributed by atoms with Gasteiger partial charge in [0, 0.05) is 18.9 Å². The Hall–Kier alpha value is -1.84. The second kappa shape index (κ2) is 7.25. The molecule has 1 aromatic rings. The highest BCUT2D eigenvalue weighted by molar-refractivity contribution is 5.83. The van der Waals surface area contributed by atoms with Gasteiger partial charge in [-0.05, 0) is 43.2 Å². The van der Waals surface area contributed by atoms with E-state index in [1.54, 1.807) is 0 Å². The first kappa shape index (κ1) is 15.5. The van der Waals surface area contributed by atoms with E-state index < -0.39 is 5.97 Å². The number of hydrogen-bond acceptors (Lipinski definition) is 2. The van der Waals surface area contributed by atoms with Gasteiger partial charge in [0.05, 0.1) is 0 Å². The summed E-state index contributed by atoms with van der Waals surface area (Å²) in [6.45, 7) is 2.74. The molecule has 0 heterocycles. The van der Waals surface area contributed by atoms with E-state index in [0.29, 0.717) is 18.9 Å². The number of amides is 1. The van der Waals surface area contributed by atoms with E-state index in [4.69, 9.17) is 5.11 Å². The average Bonchev–Trinajstić information content (AvgIpc) is 3.23. The third kappa shape index (κ3) is 4.59. The highest BCUT2D eigenvalue weighted by atomic mass is 16.4. The van der Waals surface area contributed by atoms with Gasteiger partial charge < -0.3 is 10.4 Å². The van der Waals surface area contributed by atoms with E-state index in [1.165, 1.54) is 11.1 Å². The number of nitrogens with one attached hydrogen (secondary N) is 1. The minimum Gasteiger partial charge on any atom is -0.481 e. The van der Waals surface area contributed by atoms with Gasteiger partial charge in [0.15, 0.2) is 0 Å². The first-order valence-electron chi connectivity index (χ1n) is 7.64. The van der Waals surface area contributed by atoms with Gasteiger partial charge >= 0.3 is 5.97 Å². The largest absolute Gasteiger partial charge is 0.481 e. The molecule has 0 aliphatic heterocycles. The first-order valence-corrected chi connectivity index (χ1v) is 7.64. The fourth-order valence-corrected chi connectivity index (χ4v) is 2.75. The molecule has 0 radical (unpaired) electrons. The fourth-order valence-electron chi connectivity index (χ4n) is 2.75. The summed E-state index contributed by atoms with van der Waals surface area (Å²) in [5.41, 5.74) is 2.55. The molecule has 1 amide bonds. The van der Waals surface area contributed by atoms with Crippen molar-refractivity contribution in [1.29, 1.82) is 0 Å². The van der Waals surface area contributed by atoms with Gasteiger partial charge in [-0.25, -0.2) is 0 Å². The minimum absolute atomic E-state index is 0.116. The van der Waals surface area contributed by atoms with Crippen molar-refractivity contribution in [3.8, 4) is 0 Å². The van der Waals surface area contributed by atoms with Crippen LogP contribution in [0.5, 0.6) is 0 Å². The van der Waals surface area contributed by atoms with Crippen LogP contribution in [0.3, 0.4) is 0 Å². The van der Waals surface area contributed by atoms with Crippen molar-refractivity contribution >= 4 is 11.9 Å². The molecule has 0 aromatic heterocycles. The number of carboxylic acid groups (broad SMARTS) is 1. The van der Waals surface area contributed by atoms with Crippen molar-refractivity contribution < 1.29 is 14.7 Å². The van der Waals surface area contributed by atoms with Crippen LogP contribution in [-0.2, 0) is 9.59 Å². The molecular weight excluding hydrogens is 266 g/mol. The average molecular weight is 289 g/mol. The Labute approximate surface area is 125 Å². The van der Waals surface area contributed by atoms with E-state index >= 15 is 0 Å². The third-order valence-electron chi connectivity index (χ3n) is 4.08. The first-order chi connectivity index (χ1) is 10.1. The number of carbonyl (C=O) groups excluding carboxylic acids is 1. The molecule has 1 aliphatic carbocycles. The van der Waals surface area contributed by atoms with Gasteiger partial charge in [0.2, 0.25) is 5.91 Å². The van der Waals surface area contributed by atoms with Gasteiger partial charge in [-0.3, -0.25) is 9.59 Å². The Morgan fingerprint density at radius 3 is 2.71 bits per heavy atom. The molecule has 2 rings (SSSR count). The van der Waals surface area contributed by atoms with Gasteiger partial charge in [-0.1, -0.05) is 30.7 Å². The predicted molar refractivity (Wildman–Crippen MR) is 81.1 cm³/mol. The normalized spacial score (nSPS) is 20.0. The van der Waals surface area contributed by atoms with Crippen molar-refractivity contribution in [1.82, 2.24) is 5.32 Å². The van der Waals surface area contributed by atoms with Crippen LogP contribution < -0.4 is 5.32 Å². The number of rotatable bonds is 8. The van der Waals surface area contributed by atoms with E-state index in [2.05, 4.69) is 24.4 Å². The molecule has 1 fully saturated rings. The lowest BCUT2D eigenvalue weighted by atomic mass is 10.0. The zero-order valence-corrected chi connectivity index (χ0v) is 12.5. The molecule has 4 nitrogen and oxygen atoms in total. The molecule has 2 atom stereocenters. The zero-order chi connectivity index (χ0) is 15.2. The molecule has 1 aliphatic rings. The number of carbonyl (C=O) groups is 2. The van der Waals surface area contributed by atoms with Crippen molar-refractivity contribution in [3.63, 3.8) is 0 Å². The maximum Gasteiger partial charge on any atom is 0.303 e. The number of aliphatic carboxylic acids is 1. The third-order valence-corrected chi connectivity index (χ3v) is 4.08. The Morgan fingerprint density at radius 2 is 2.00 bits per heavy atom. The molecule has 0 bridgehead atoms. The van der Waals surface area contributed by atoms with Crippen molar-refractivity contribution in [2.45, 2.75) is 44.9 Å². The molecule has 0 spiro atoms. The molecule has 21 heavy (non-hydrogen) atoms. The molecule has 0 saturated heterocycles. The second-order valence-corrected chi connectivity index (χ2v) is 5.80. The summed E-state index contributed by atoms with van der Waals surface area (Å²) in [5, 5.41) is 11.5. The highest BCUT2D eigenvalue weighted by Crippen LogP contribution is 2.48. The molecule has 2 N–H and O–H groups in total. The summed E-state index contributed by atoms with van der Waals surface area (Å²) in [6.07, 6.45) is 3.53. The van der Waals surface area contributed by atoms with E-state index in [1.807, 2.05) is 12.1 Å². The number of unbranched alkanes of at least 4 members (excludes halogenated alkanes) is 2. The topological polar surface area (TPSA) is 66.4 Å². The summed E-state index contributed by atoms with van der Waals surface area (Å²) in [5.74, 6) is -0.122. The van der Waals surface area contributed by atoms with Crippen LogP contribution in [0, 0.1) is 12.8 Å². The summed E-state index contributed by atoms with van der Waals surface area (Å²) < 4.78 is 0. The van der Waals surface area contributed by atoms with Gasteiger partial charge in [-0.15, -0.1) is 0 Å². The lowest BCUT2D eigenvalue weighted by Gasteiger charge is -2.06. The number of aryl methyl sites for hydroxylation is 1. The maximum atomic E-state index is 12.0. The highest BCUT2D eigenvalue weighted by Gasteiger charge is 2.44. The lowest BCUT2D eigenvalue weighted by Crippen LogP contribution is -2.26. The number of benzene rings is 1. The van der Waals surface area contributed by atoms with E-state index in [-0.39, 0.29) is 18.2 Å². The number of hydrogen-bond donors (Lipinski definition) is 2. The Morgan fingerprint density at radius 1 is 1.24 bits per heavy atom. The molecular formula is C17H23NO3. The number of carboxylic acids is 1. The van der Waals surface area contributed by atoms with E-state index in [9.17, 15) is 9.59 Å². The van der Waals surface area contributed by atoms with Crippen molar-refractivity contribution in [3.05, 3.63) is 35.4 Å². The Balaban J connectivity index is 1.65. The summed E-state index contributed by atoms with van der Waals surface area (Å²) in [4.78, 5) is 22.4. The molecule has 2 unspecified atom stereocenters. The maximum absolute atomic E-state index is 12.0. The molecule has 4 heteroatoms. The quantitative estimate of drug-likeness (QED) is 0.723.